The van der Waals surface area contributed by atoms with Crippen LogP contribution < -0.4 is 5.73 Å². The van der Waals surface area contributed by atoms with E-state index in [1.54, 1.807) is 6.20 Å². The molecule has 0 aliphatic heterocycles. The van der Waals surface area contributed by atoms with Crippen LogP contribution in [0.5, 0.6) is 0 Å². The Kier molecular flexibility index (Phi) is 3.07. The second-order valence-electron chi connectivity index (χ2n) is 4.27. The van der Waals surface area contributed by atoms with Crippen molar-refractivity contribution in [1.29, 1.82) is 0 Å². The van der Waals surface area contributed by atoms with E-state index in [4.69, 9.17) is 5.73 Å². The summed E-state index contributed by atoms with van der Waals surface area (Å²) < 4.78 is 2.05. The first-order valence-electron chi connectivity index (χ1n) is 5.63. The van der Waals surface area contributed by atoms with Crippen molar-refractivity contribution in [3.63, 3.8) is 0 Å². The molecule has 1 saturated carbocycles. The van der Waals surface area contributed by atoms with E-state index in [0.717, 1.165) is 12.5 Å². The number of aromatic nitrogens is 2. The number of hydrogen-bond donors (Lipinski definition) is 1. The largest absolute Gasteiger partial charge is 0.369 e. The van der Waals surface area contributed by atoms with E-state index in [-0.39, 0.29) is 0 Å². The monoisotopic (exact) mass is 193 g/mol. The Labute approximate surface area is 85.3 Å². The number of nitrogens with two attached hydrogens (primary N) is 1. The summed E-state index contributed by atoms with van der Waals surface area (Å²) in [7, 11) is 0. The number of rotatable bonds is 3. The minimum absolute atomic E-state index is 0.654. The smallest absolute Gasteiger partial charge is 0.200 e. The second kappa shape index (κ2) is 4.49. The highest BCUT2D eigenvalue weighted by Gasteiger charge is 2.13. The van der Waals surface area contributed by atoms with Crippen molar-refractivity contribution in [3.8, 4) is 0 Å². The lowest BCUT2D eigenvalue weighted by Crippen LogP contribution is -2.11. The van der Waals surface area contributed by atoms with Gasteiger partial charge in [0.1, 0.15) is 0 Å². The van der Waals surface area contributed by atoms with Crippen LogP contribution in [0.2, 0.25) is 0 Å². The van der Waals surface area contributed by atoms with Gasteiger partial charge in [0.2, 0.25) is 0 Å². The maximum atomic E-state index is 5.71. The Hall–Kier alpha value is -0.990. The van der Waals surface area contributed by atoms with E-state index >= 15 is 0 Å². The van der Waals surface area contributed by atoms with Gasteiger partial charge in [0.25, 0.3) is 0 Å². The van der Waals surface area contributed by atoms with Gasteiger partial charge in [-0.3, -0.25) is 0 Å². The van der Waals surface area contributed by atoms with Crippen molar-refractivity contribution < 1.29 is 0 Å². The summed E-state index contributed by atoms with van der Waals surface area (Å²) in [5.41, 5.74) is 5.71. The standard InChI is InChI=1S/C11H19N3/c12-11-13-7-9-14(11)8-6-10-4-2-1-3-5-10/h7,9-10H,1-6,8H2,(H2,12,13). The molecule has 0 amide bonds. The molecular weight excluding hydrogens is 174 g/mol. The van der Waals surface area contributed by atoms with Crippen molar-refractivity contribution in [2.75, 3.05) is 5.73 Å². The quantitative estimate of drug-likeness (QED) is 0.801. The van der Waals surface area contributed by atoms with Crippen molar-refractivity contribution in [2.24, 2.45) is 5.92 Å². The molecule has 1 heterocycles. The average Bonchev–Trinajstić information content (AvgIpc) is 2.63. The number of nitrogens with zero attached hydrogens (tertiary/aromatic N) is 2. The van der Waals surface area contributed by atoms with Gasteiger partial charge in [0, 0.05) is 18.9 Å². The molecule has 0 radical (unpaired) electrons. The highest BCUT2D eigenvalue weighted by molar-refractivity contribution is 5.16. The summed E-state index contributed by atoms with van der Waals surface area (Å²) >= 11 is 0. The number of hydrogen-bond acceptors (Lipinski definition) is 2. The maximum absolute atomic E-state index is 5.71. The molecule has 14 heavy (non-hydrogen) atoms. The van der Waals surface area contributed by atoms with Crippen LogP contribution in [0.25, 0.3) is 0 Å². The number of imidazole rings is 1. The van der Waals surface area contributed by atoms with Crippen LogP contribution in [0, 0.1) is 5.92 Å². The van der Waals surface area contributed by atoms with Gasteiger partial charge in [-0.2, -0.15) is 0 Å². The zero-order chi connectivity index (χ0) is 9.80. The lowest BCUT2D eigenvalue weighted by Gasteiger charge is -2.21. The molecule has 3 heteroatoms. The van der Waals surface area contributed by atoms with E-state index in [2.05, 4.69) is 9.55 Å². The number of anilines is 1. The highest BCUT2D eigenvalue weighted by atomic mass is 15.1. The summed E-state index contributed by atoms with van der Waals surface area (Å²) in [6.45, 7) is 1.04. The summed E-state index contributed by atoms with van der Waals surface area (Å²) in [6, 6.07) is 0. The zero-order valence-electron chi connectivity index (χ0n) is 8.65. The Morgan fingerprint density at radius 3 is 2.79 bits per heavy atom. The van der Waals surface area contributed by atoms with Crippen LogP contribution in [-0.2, 0) is 6.54 Å². The molecule has 1 aromatic rings. The molecule has 3 nitrogen and oxygen atoms in total. The molecule has 1 aromatic heterocycles. The Balaban J connectivity index is 1.79. The fourth-order valence-corrected chi connectivity index (χ4v) is 2.33. The van der Waals surface area contributed by atoms with Gasteiger partial charge in [0.05, 0.1) is 0 Å². The molecule has 2 rings (SSSR count). The first-order valence-corrected chi connectivity index (χ1v) is 5.63. The van der Waals surface area contributed by atoms with Crippen molar-refractivity contribution in [1.82, 2.24) is 9.55 Å². The van der Waals surface area contributed by atoms with Gasteiger partial charge in [0.15, 0.2) is 5.95 Å². The van der Waals surface area contributed by atoms with E-state index < -0.39 is 0 Å². The molecule has 2 N–H and O–H groups in total. The predicted octanol–water partition coefficient (Wildman–Crippen LogP) is 2.44. The Bertz CT molecular complexity index is 274. The van der Waals surface area contributed by atoms with E-state index in [9.17, 15) is 0 Å². The molecule has 1 fully saturated rings. The third-order valence-corrected chi connectivity index (χ3v) is 3.25. The van der Waals surface area contributed by atoms with E-state index in [0.29, 0.717) is 5.95 Å². The normalized spacial score (nSPS) is 18.6. The molecule has 0 spiro atoms. The zero-order valence-corrected chi connectivity index (χ0v) is 8.65. The van der Waals surface area contributed by atoms with Crippen LogP contribution in [-0.4, -0.2) is 9.55 Å². The first kappa shape index (κ1) is 9.56. The summed E-state index contributed by atoms with van der Waals surface area (Å²) in [6.07, 6.45) is 12.1. The van der Waals surface area contributed by atoms with Gasteiger partial charge in [-0.1, -0.05) is 32.1 Å². The average molecular weight is 193 g/mol. The van der Waals surface area contributed by atoms with Crippen LogP contribution >= 0.6 is 0 Å². The van der Waals surface area contributed by atoms with Crippen molar-refractivity contribution in [2.45, 2.75) is 45.1 Å². The van der Waals surface area contributed by atoms with Gasteiger partial charge in [-0.25, -0.2) is 4.98 Å². The third kappa shape index (κ3) is 2.28. The van der Waals surface area contributed by atoms with Gasteiger partial charge in [-0.05, 0) is 12.3 Å². The van der Waals surface area contributed by atoms with E-state index in [1.165, 1.54) is 38.5 Å². The van der Waals surface area contributed by atoms with E-state index in [1.807, 2.05) is 6.20 Å². The fraction of sp³-hybridized carbons (Fsp3) is 0.727. The minimum Gasteiger partial charge on any atom is -0.369 e. The molecule has 0 bridgehead atoms. The van der Waals surface area contributed by atoms with Crippen LogP contribution in [0.3, 0.4) is 0 Å². The summed E-state index contributed by atoms with van der Waals surface area (Å²) in [5, 5.41) is 0. The summed E-state index contributed by atoms with van der Waals surface area (Å²) in [5.74, 6) is 1.58. The topological polar surface area (TPSA) is 43.8 Å². The van der Waals surface area contributed by atoms with Gasteiger partial charge < -0.3 is 10.3 Å². The molecule has 0 saturated heterocycles. The fourth-order valence-electron chi connectivity index (χ4n) is 2.33. The molecule has 0 aromatic carbocycles. The maximum Gasteiger partial charge on any atom is 0.200 e. The lowest BCUT2D eigenvalue weighted by molar-refractivity contribution is 0.325. The minimum atomic E-state index is 0.654. The lowest BCUT2D eigenvalue weighted by atomic mass is 9.87. The van der Waals surface area contributed by atoms with Crippen LogP contribution in [0.4, 0.5) is 5.95 Å². The summed E-state index contributed by atoms with van der Waals surface area (Å²) in [4.78, 5) is 4.02. The third-order valence-electron chi connectivity index (χ3n) is 3.25. The number of nitrogen functional groups attached to an aromatic ring is 1. The van der Waals surface area contributed by atoms with Crippen LogP contribution in [0.15, 0.2) is 12.4 Å². The van der Waals surface area contributed by atoms with Crippen molar-refractivity contribution >= 4 is 5.95 Å². The van der Waals surface area contributed by atoms with Gasteiger partial charge in [-0.15, -0.1) is 0 Å². The molecule has 1 aliphatic carbocycles. The Morgan fingerprint density at radius 1 is 1.36 bits per heavy atom. The molecule has 0 atom stereocenters. The SMILES string of the molecule is Nc1nccn1CCC1CCCCC1. The predicted molar refractivity (Wildman–Crippen MR) is 57.8 cm³/mol. The molecule has 78 valence electrons. The number of aryl methyl sites for hydroxylation is 1. The second-order valence-corrected chi connectivity index (χ2v) is 4.27. The molecule has 1 aliphatic rings. The molecule has 0 unspecified atom stereocenters. The van der Waals surface area contributed by atoms with Crippen molar-refractivity contribution in [3.05, 3.63) is 12.4 Å². The Morgan fingerprint density at radius 2 is 2.14 bits per heavy atom. The van der Waals surface area contributed by atoms with Crippen LogP contribution in [0.1, 0.15) is 38.5 Å². The highest BCUT2D eigenvalue weighted by Crippen LogP contribution is 2.26. The molecular formula is C11H19N3. The van der Waals surface area contributed by atoms with Gasteiger partial charge >= 0.3 is 0 Å². The first-order chi connectivity index (χ1) is 6.86.